The normalized spacial score (nSPS) is 15.1. The van der Waals surface area contributed by atoms with Crippen LogP contribution in [0.3, 0.4) is 0 Å². The fourth-order valence-corrected chi connectivity index (χ4v) is 4.37. The molecule has 4 nitrogen and oxygen atoms in total. The van der Waals surface area contributed by atoms with Gasteiger partial charge in [0.2, 0.25) is 5.91 Å². The van der Waals surface area contributed by atoms with Crippen LogP contribution in [0, 0.1) is 17.6 Å². The molecule has 0 spiro atoms. The Hall–Kier alpha value is -1.80. The number of thiophene rings is 1. The maximum atomic E-state index is 13.8. The van der Waals surface area contributed by atoms with E-state index in [-0.39, 0.29) is 17.4 Å². The van der Waals surface area contributed by atoms with Crippen molar-refractivity contribution < 1.29 is 18.4 Å². The second-order valence-electron chi connectivity index (χ2n) is 6.11. The van der Waals surface area contributed by atoms with E-state index in [0.717, 1.165) is 20.8 Å². The van der Waals surface area contributed by atoms with Crippen LogP contribution in [0.1, 0.15) is 28.1 Å². The number of halogens is 3. The van der Waals surface area contributed by atoms with Crippen LogP contribution in [0.5, 0.6) is 0 Å². The molecule has 0 radical (unpaired) electrons. The Morgan fingerprint density at radius 1 is 1.19 bits per heavy atom. The van der Waals surface area contributed by atoms with E-state index in [9.17, 15) is 18.4 Å². The Bertz CT molecular complexity index is 819. The van der Waals surface area contributed by atoms with Gasteiger partial charge in [0.15, 0.2) is 0 Å². The third kappa shape index (κ3) is 4.48. The fourth-order valence-electron chi connectivity index (χ4n) is 2.94. The summed E-state index contributed by atoms with van der Waals surface area (Å²) in [6.07, 6.45) is 1.04. The quantitative estimate of drug-likeness (QED) is 0.778. The molecule has 138 valence electrons. The van der Waals surface area contributed by atoms with Crippen molar-refractivity contribution in [1.29, 1.82) is 0 Å². The zero-order valence-electron chi connectivity index (χ0n) is 13.8. The van der Waals surface area contributed by atoms with Crippen molar-refractivity contribution in [1.82, 2.24) is 10.2 Å². The number of hydrogen-bond acceptors (Lipinski definition) is 3. The highest BCUT2D eigenvalue weighted by Crippen LogP contribution is 2.23. The second kappa shape index (κ2) is 8.26. The van der Waals surface area contributed by atoms with Crippen LogP contribution in [0.25, 0.3) is 0 Å². The number of piperidine rings is 1. The largest absolute Gasteiger partial charge is 0.351 e. The van der Waals surface area contributed by atoms with Crippen LogP contribution in [0.4, 0.5) is 8.78 Å². The first kappa shape index (κ1) is 19.0. The molecule has 0 saturated carbocycles. The standard InChI is InChI=1S/C18H17BrF2N2O2S/c19-16-4-2-13(26-16)10-22-17(24)11-5-7-23(8-6-11)18(25)14-3-1-12(20)9-15(14)21/h1-4,9,11H,5-8,10H2,(H,22,24). The summed E-state index contributed by atoms with van der Waals surface area (Å²) in [5.41, 5.74) is -0.141. The summed E-state index contributed by atoms with van der Waals surface area (Å²) in [4.78, 5) is 27.2. The van der Waals surface area contributed by atoms with E-state index in [1.165, 1.54) is 4.90 Å². The van der Waals surface area contributed by atoms with Crippen LogP contribution in [-0.2, 0) is 11.3 Å². The Morgan fingerprint density at radius 3 is 2.54 bits per heavy atom. The fraction of sp³-hybridized carbons (Fsp3) is 0.333. The summed E-state index contributed by atoms with van der Waals surface area (Å²) < 4.78 is 27.8. The first-order chi connectivity index (χ1) is 12.4. The molecule has 1 aromatic heterocycles. The maximum Gasteiger partial charge on any atom is 0.256 e. The molecule has 0 bridgehead atoms. The molecule has 8 heteroatoms. The minimum absolute atomic E-state index is 0.0328. The Labute approximate surface area is 162 Å². The zero-order valence-corrected chi connectivity index (χ0v) is 16.2. The van der Waals surface area contributed by atoms with Crippen molar-refractivity contribution in [2.24, 2.45) is 5.92 Å². The molecule has 1 N–H and O–H groups in total. The van der Waals surface area contributed by atoms with Gasteiger partial charge in [0, 0.05) is 30.0 Å². The van der Waals surface area contributed by atoms with Crippen LogP contribution < -0.4 is 5.32 Å². The number of carbonyl (C=O) groups is 2. The molecule has 0 atom stereocenters. The lowest BCUT2D eigenvalue weighted by atomic mass is 9.95. The molecular weight excluding hydrogens is 426 g/mol. The van der Waals surface area contributed by atoms with Gasteiger partial charge in [-0.1, -0.05) is 0 Å². The van der Waals surface area contributed by atoms with Crippen molar-refractivity contribution >= 4 is 39.1 Å². The number of hydrogen-bond donors (Lipinski definition) is 1. The number of benzene rings is 1. The molecule has 2 amide bonds. The van der Waals surface area contributed by atoms with Crippen molar-refractivity contribution in [2.75, 3.05) is 13.1 Å². The van der Waals surface area contributed by atoms with E-state index in [1.54, 1.807) is 11.3 Å². The average Bonchev–Trinajstić information content (AvgIpc) is 3.04. The third-order valence-electron chi connectivity index (χ3n) is 4.38. The lowest BCUT2D eigenvalue weighted by Gasteiger charge is -2.31. The molecule has 2 aromatic rings. The topological polar surface area (TPSA) is 49.4 Å². The first-order valence-corrected chi connectivity index (χ1v) is 9.81. The van der Waals surface area contributed by atoms with Gasteiger partial charge in [0.05, 0.1) is 15.9 Å². The van der Waals surface area contributed by atoms with Crippen molar-refractivity contribution in [3.05, 3.63) is 56.2 Å². The lowest BCUT2D eigenvalue weighted by molar-refractivity contribution is -0.126. The molecule has 2 heterocycles. The van der Waals surface area contributed by atoms with Crippen LogP contribution in [0.2, 0.25) is 0 Å². The summed E-state index contributed by atoms with van der Waals surface area (Å²) in [6.45, 7) is 1.23. The van der Waals surface area contributed by atoms with Gasteiger partial charge >= 0.3 is 0 Å². The van der Waals surface area contributed by atoms with E-state index in [0.29, 0.717) is 38.5 Å². The van der Waals surface area contributed by atoms with Gasteiger partial charge in [-0.2, -0.15) is 0 Å². The van der Waals surface area contributed by atoms with Gasteiger partial charge in [-0.15, -0.1) is 11.3 Å². The number of nitrogens with one attached hydrogen (secondary N) is 1. The van der Waals surface area contributed by atoms with E-state index in [4.69, 9.17) is 0 Å². The Kier molecular flexibility index (Phi) is 6.03. The van der Waals surface area contributed by atoms with Gasteiger partial charge in [0.1, 0.15) is 11.6 Å². The first-order valence-electron chi connectivity index (χ1n) is 8.20. The summed E-state index contributed by atoms with van der Waals surface area (Å²) in [5.74, 6) is -2.25. The molecule has 0 aliphatic carbocycles. The highest BCUT2D eigenvalue weighted by atomic mass is 79.9. The summed E-state index contributed by atoms with van der Waals surface area (Å²) in [5, 5.41) is 2.92. The van der Waals surface area contributed by atoms with Gasteiger partial charge in [-0.3, -0.25) is 9.59 Å². The van der Waals surface area contributed by atoms with Crippen LogP contribution >= 0.6 is 27.3 Å². The van der Waals surface area contributed by atoms with E-state index in [2.05, 4.69) is 21.2 Å². The summed E-state index contributed by atoms with van der Waals surface area (Å²) in [7, 11) is 0. The molecule has 1 aliphatic heterocycles. The number of amides is 2. The average molecular weight is 443 g/mol. The minimum Gasteiger partial charge on any atom is -0.351 e. The molecule has 3 rings (SSSR count). The van der Waals surface area contributed by atoms with Crippen molar-refractivity contribution in [3.63, 3.8) is 0 Å². The molecule has 1 aliphatic rings. The SMILES string of the molecule is O=C(NCc1ccc(Br)s1)C1CCN(C(=O)c2ccc(F)cc2F)CC1. The predicted octanol–water partition coefficient (Wildman–Crippen LogP) is 3.96. The summed E-state index contributed by atoms with van der Waals surface area (Å²) >= 11 is 4.95. The highest BCUT2D eigenvalue weighted by Gasteiger charge is 2.28. The highest BCUT2D eigenvalue weighted by molar-refractivity contribution is 9.11. The molecule has 1 aromatic carbocycles. The maximum absolute atomic E-state index is 13.8. The third-order valence-corrected chi connectivity index (χ3v) is 6.00. The number of rotatable bonds is 4. The van der Waals surface area contributed by atoms with Gasteiger partial charge < -0.3 is 10.2 Å². The van der Waals surface area contributed by atoms with E-state index >= 15 is 0 Å². The molecule has 1 saturated heterocycles. The van der Waals surface area contributed by atoms with Crippen molar-refractivity contribution in [2.45, 2.75) is 19.4 Å². The minimum atomic E-state index is -0.864. The van der Waals surface area contributed by atoms with E-state index in [1.807, 2.05) is 12.1 Å². The van der Waals surface area contributed by atoms with Gasteiger partial charge in [-0.25, -0.2) is 8.78 Å². The van der Waals surface area contributed by atoms with Crippen LogP contribution in [0.15, 0.2) is 34.1 Å². The molecule has 1 fully saturated rings. The zero-order chi connectivity index (χ0) is 18.7. The monoisotopic (exact) mass is 442 g/mol. The van der Waals surface area contributed by atoms with Gasteiger partial charge in [0.25, 0.3) is 5.91 Å². The smallest absolute Gasteiger partial charge is 0.256 e. The second-order valence-corrected chi connectivity index (χ2v) is 8.66. The molecular formula is C18H17BrF2N2O2S. The lowest BCUT2D eigenvalue weighted by Crippen LogP contribution is -2.43. The predicted molar refractivity (Wildman–Crippen MR) is 98.9 cm³/mol. The number of carbonyl (C=O) groups excluding carboxylic acids is 2. The van der Waals surface area contributed by atoms with Crippen molar-refractivity contribution in [3.8, 4) is 0 Å². The Balaban J connectivity index is 1.51. The number of likely N-dealkylation sites (tertiary alicyclic amines) is 1. The molecule has 26 heavy (non-hydrogen) atoms. The number of nitrogens with zero attached hydrogens (tertiary/aromatic N) is 1. The van der Waals surface area contributed by atoms with Gasteiger partial charge in [-0.05, 0) is 53.0 Å². The van der Waals surface area contributed by atoms with Crippen LogP contribution in [-0.4, -0.2) is 29.8 Å². The molecule has 0 unspecified atom stereocenters. The Morgan fingerprint density at radius 2 is 1.92 bits per heavy atom. The summed E-state index contributed by atoms with van der Waals surface area (Å²) in [6, 6.07) is 6.82. The van der Waals surface area contributed by atoms with E-state index < -0.39 is 17.5 Å².